The number of carbonyl (C=O) groups is 2. The summed E-state index contributed by atoms with van der Waals surface area (Å²) >= 11 is 0. The van der Waals surface area contributed by atoms with E-state index in [0.29, 0.717) is 35.9 Å². The Morgan fingerprint density at radius 1 is 1.12 bits per heavy atom. The van der Waals surface area contributed by atoms with Gasteiger partial charge in [0.05, 0.1) is 6.61 Å². The van der Waals surface area contributed by atoms with Crippen molar-refractivity contribution in [3.05, 3.63) is 23.5 Å². The molecule has 0 N–H and O–H groups in total. The maximum Gasteiger partial charge on any atom is 0.220 e. The largest absolute Gasteiger partial charge is 0.490 e. The van der Waals surface area contributed by atoms with Gasteiger partial charge in [-0.25, -0.2) is 0 Å². The Balaban J connectivity index is 1.71. The molecule has 24 heavy (non-hydrogen) atoms. The van der Waals surface area contributed by atoms with Crippen molar-refractivity contribution in [2.45, 2.75) is 59.3 Å². The molecule has 0 amide bonds. The van der Waals surface area contributed by atoms with Gasteiger partial charge in [0.2, 0.25) is 5.78 Å². The van der Waals surface area contributed by atoms with Gasteiger partial charge in [-0.15, -0.1) is 0 Å². The highest BCUT2D eigenvalue weighted by molar-refractivity contribution is 6.04. The smallest absolute Gasteiger partial charge is 0.220 e. The second kappa shape index (κ2) is 5.31. The first-order valence-corrected chi connectivity index (χ1v) is 9.54. The third-order valence-electron chi connectivity index (χ3n) is 7.63. The topological polar surface area (TPSA) is 43.4 Å². The van der Waals surface area contributed by atoms with Crippen LogP contribution in [0.5, 0.6) is 0 Å². The van der Waals surface area contributed by atoms with Gasteiger partial charge >= 0.3 is 0 Å². The van der Waals surface area contributed by atoms with Gasteiger partial charge in [-0.3, -0.25) is 9.59 Å². The van der Waals surface area contributed by atoms with Crippen molar-refractivity contribution in [2.24, 2.45) is 28.6 Å². The molecule has 0 unspecified atom stereocenters. The molecule has 0 heterocycles. The number of Topliss-reactive ketones (excluding diaryl/α,β-unsaturated/α-hetero) is 1. The third-order valence-corrected chi connectivity index (χ3v) is 7.63. The molecule has 3 fully saturated rings. The first-order valence-electron chi connectivity index (χ1n) is 9.54. The van der Waals surface area contributed by atoms with Crippen LogP contribution in [0.15, 0.2) is 23.5 Å². The zero-order valence-corrected chi connectivity index (χ0v) is 15.1. The average molecular weight is 328 g/mol. The SMILES string of the molecule is CCOC1=C[C@@]2(C)C(=CC1=O)CC[C@@H]1[C@@H]2CC[C@]2(C)C(=O)CC[C@@H]12. The maximum absolute atomic E-state index is 12.5. The molecule has 0 aromatic rings. The Labute approximate surface area is 144 Å². The Kier molecular flexibility index (Phi) is 3.56. The molecule has 4 aliphatic rings. The molecule has 0 spiro atoms. The minimum Gasteiger partial charge on any atom is -0.490 e. The summed E-state index contributed by atoms with van der Waals surface area (Å²) in [6.45, 7) is 6.96. The highest BCUT2D eigenvalue weighted by Crippen LogP contribution is 2.63. The van der Waals surface area contributed by atoms with Crippen LogP contribution in [0.1, 0.15) is 59.3 Å². The highest BCUT2D eigenvalue weighted by Gasteiger charge is 2.58. The van der Waals surface area contributed by atoms with Gasteiger partial charge < -0.3 is 4.74 Å². The van der Waals surface area contributed by atoms with Gasteiger partial charge in [0.25, 0.3) is 0 Å². The number of hydrogen-bond acceptors (Lipinski definition) is 3. The lowest BCUT2D eigenvalue weighted by Crippen LogP contribution is -2.50. The fourth-order valence-corrected chi connectivity index (χ4v) is 6.30. The summed E-state index contributed by atoms with van der Waals surface area (Å²) in [6.07, 6.45) is 9.99. The number of fused-ring (bicyclic) bond motifs is 5. The van der Waals surface area contributed by atoms with Gasteiger partial charge in [0, 0.05) is 17.3 Å². The molecule has 0 radical (unpaired) electrons. The van der Waals surface area contributed by atoms with Gasteiger partial charge in [0.1, 0.15) is 5.78 Å². The monoisotopic (exact) mass is 328 g/mol. The van der Waals surface area contributed by atoms with Crippen molar-refractivity contribution in [2.75, 3.05) is 6.61 Å². The minimum absolute atomic E-state index is 0.0273. The molecule has 130 valence electrons. The first kappa shape index (κ1) is 16.1. The van der Waals surface area contributed by atoms with Crippen molar-refractivity contribution < 1.29 is 14.3 Å². The van der Waals surface area contributed by atoms with Crippen molar-refractivity contribution in [1.82, 2.24) is 0 Å². The lowest BCUT2D eigenvalue weighted by Gasteiger charge is -2.55. The van der Waals surface area contributed by atoms with Crippen molar-refractivity contribution in [1.29, 1.82) is 0 Å². The fraction of sp³-hybridized carbons (Fsp3) is 0.714. The Bertz CT molecular complexity index is 658. The van der Waals surface area contributed by atoms with Crippen LogP contribution in [0, 0.1) is 28.6 Å². The number of hydrogen-bond donors (Lipinski definition) is 0. The van der Waals surface area contributed by atoms with Crippen LogP contribution in [-0.2, 0) is 14.3 Å². The van der Waals surface area contributed by atoms with E-state index in [4.69, 9.17) is 4.74 Å². The van der Waals surface area contributed by atoms with E-state index in [1.165, 1.54) is 5.57 Å². The van der Waals surface area contributed by atoms with Crippen LogP contribution in [0.25, 0.3) is 0 Å². The summed E-state index contributed by atoms with van der Waals surface area (Å²) in [5.41, 5.74) is 1.12. The van der Waals surface area contributed by atoms with E-state index in [-0.39, 0.29) is 16.6 Å². The molecular formula is C21H28O3. The fourth-order valence-electron chi connectivity index (χ4n) is 6.30. The molecule has 0 saturated heterocycles. The number of carbonyl (C=O) groups excluding carboxylic acids is 2. The maximum atomic E-state index is 12.5. The number of rotatable bonds is 2. The Morgan fingerprint density at radius 2 is 1.92 bits per heavy atom. The third kappa shape index (κ3) is 2.02. The highest BCUT2D eigenvalue weighted by atomic mass is 16.5. The van der Waals surface area contributed by atoms with Crippen LogP contribution in [0.3, 0.4) is 0 Å². The number of ketones is 2. The second-order valence-electron chi connectivity index (χ2n) is 8.59. The molecule has 3 saturated carbocycles. The van der Waals surface area contributed by atoms with Crippen LogP contribution >= 0.6 is 0 Å². The Hall–Kier alpha value is -1.38. The number of allylic oxidation sites excluding steroid dienone is 3. The van der Waals surface area contributed by atoms with E-state index < -0.39 is 0 Å². The summed E-state index contributed by atoms with van der Waals surface area (Å²) < 4.78 is 5.63. The molecular weight excluding hydrogens is 300 g/mol. The standard InChI is InChI=1S/C21H28O3/c1-4-24-18-12-21(3)13(11-17(18)22)5-6-14-15-7-8-19(23)20(15,2)10-9-16(14)21/h11-12,14-16H,4-10H2,1-3H3/t14-,15-,16-,20-,21-/m0/s1. The second-order valence-corrected chi connectivity index (χ2v) is 8.59. The van der Waals surface area contributed by atoms with Crippen LogP contribution in [0.2, 0.25) is 0 Å². The quantitative estimate of drug-likeness (QED) is 0.762. The molecule has 0 aromatic heterocycles. The van der Waals surface area contributed by atoms with E-state index in [2.05, 4.69) is 19.9 Å². The van der Waals surface area contributed by atoms with Crippen LogP contribution in [0.4, 0.5) is 0 Å². The lowest BCUT2D eigenvalue weighted by atomic mass is 9.48. The van der Waals surface area contributed by atoms with Crippen molar-refractivity contribution >= 4 is 11.6 Å². The van der Waals surface area contributed by atoms with E-state index in [1.807, 2.05) is 13.0 Å². The molecule has 0 aromatic carbocycles. The van der Waals surface area contributed by atoms with E-state index >= 15 is 0 Å². The zero-order chi connectivity index (χ0) is 17.1. The number of ether oxygens (including phenoxy) is 1. The van der Waals surface area contributed by atoms with Gasteiger partial charge in [-0.1, -0.05) is 19.4 Å². The zero-order valence-electron chi connectivity index (χ0n) is 15.1. The molecule has 4 aliphatic carbocycles. The molecule has 5 atom stereocenters. The summed E-state index contributed by atoms with van der Waals surface area (Å²) in [5.74, 6) is 2.71. The van der Waals surface area contributed by atoms with Crippen LogP contribution in [-0.4, -0.2) is 18.2 Å². The summed E-state index contributed by atoms with van der Waals surface area (Å²) in [6, 6.07) is 0. The van der Waals surface area contributed by atoms with E-state index in [9.17, 15) is 9.59 Å². The molecule has 0 bridgehead atoms. The van der Waals surface area contributed by atoms with Gasteiger partial charge in [-0.05, 0) is 68.9 Å². The summed E-state index contributed by atoms with van der Waals surface area (Å²) in [5, 5.41) is 0. The molecule has 3 heteroatoms. The molecule has 0 aliphatic heterocycles. The lowest BCUT2D eigenvalue weighted by molar-refractivity contribution is -0.131. The Morgan fingerprint density at radius 3 is 2.67 bits per heavy atom. The van der Waals surface area contributed by atoms with Gasteiger partial charge in [0.15, 0.2) is 5.76 Å². The minimum atomic E-state index is -0.0876. The van der Waals surface area contributed by atoms with E-state index in [0.717, 1.165) is 38.5 Å². The first-order chi connectivity index (χ1) is 11.4. The van der Waals surface area contributed by atoms with Gasteiger partial charge in [-0.2, -0.15) is 0 Å². The summed E-state index contributed by atoms with van der Waals surface area (Å²) in [4.78, 5) is 24.8. The van der Waals surface area contributed by atoms with Crippen molar-refractivity contribution in [3.8, 4) is 0 Å². The summed E-state index contributed by atoms with van der Waals surface area (Å²) in [7, 11) is 0. The van der Waals surface area contributed by atoms with Crippen molar-refractivity contribution in [3.63, 3.8) is 0 Å². The van der Waals surface area contributed by atoms with E-state index in [1.54, 1.807) is 0 Å². The molecule has 4 rings (SSSR count). The predicted octanol–water partition coefficient (Wildman–Crippen LogP) is 4.23. The molecule has 3 nitrogen and oxygen atoms in total. The normalized spacial score (nSPS) is 44.2. The average Bonchev–Trinajstić information content (AvgIpc) is 2.85. The predicted molar refractivity (Wildman–Crippen MR) is 92.2 cm³/mol. The van der Waals surface area contributed by atoms with Crippen LogP contribution < -0.4 is 0 Å².